The summed E-state index contributed by atoms with van der Waals surface area (Å²) in [5.41, 5.74) is -0.308. The predicted octanol–water partition coefficient (Wildman–Crippen LogP) is 3.86. The number of para-hydroxylation sites is 1. The van der Waals surface area contributed by atoms with E-state index in [-0.39, 0.29) is 28.4 Å². The number of pyridine rings is 1. The summed E-state index contributed by atoms with van der Waals surface area (Å²) in [5, 5.41) is 3.62. The van der Waals surface area contributed by atoms with Gasteiger partial charge < -0.3 is 15.0 Å². The lowest BCUT2D eigenvalue weighted by Crippen LogP contribution is -2.22. The lowest BCUT2D eigenvalue weighted by atomic mass is 10.1. The van der Waals surface area contributed by atoms with Gasteiger partial charge in [0.25, 0.3) is 5.56 Å². The minimum atomic E-state index is -0.852. The molecular formula is C18H13ClF2N2O3. The third kappa shape index (κ3) is 3.25. The zero-order valence-corrected chi connectivity index (χ0v) is 14.3. The Kier molecular flexibility index (Phi) is 4.90. The number of H-pyrrole nitrogens is 1. The summed E-state index contributed by atoms with van der Waals surface area (Å²) >= 11 is 6.11. The van der Waals surface area contributed by atoms with Gasteiger partial charge in [-0.1, -0.05) is 29.8 Å². The number of hydrogen-bond acceptors (Lipinski definition) is 4. The fourth-order valence-electron chi connectivity index (χ4n) is 2.61. The van der Waals surface area contributed by atoms with E-state index in [2.05, 4.69) is 15.0 Å². The van der Waals surface area contributed by atoms with Gasteiger partial charge in [0, 0.05) is 23.6 Å². The molecule has 0 saturated heterocycles. The summed E-state index contributed by atoms with van der Waals surface area (Å²) in [6.45, 7) is -0.0822. The molecule has 0 amide bonds. The lowest BCUT2D eigenvalue weighted by Gasteiger charge is -2.14. The molecule has 0 radical (unpaired) electrons. The number of aromatic amines is 1. The first-order chi connectivity index (χ1) is 12.4. The number of carbonyl (C=O) groups is 1. The van der Waals surface area contributed by atoms with Crippen molar-refractivity contribution in [2.75, 3.05) is 12.4 Å². The Morgan fingerprint density at radius 3 is 2.73 bits per heavy atom. The van der Waals surface area contributed by atoms with Crippen molar-refractivity contribution in [1.82, 2.24) is 4.98 Å². The van der Waals surface area contributed by atoms with Crippen LogP contribution >= 0.6 is 11.6 Å². The number of methoxy groups -OCH3 is 1. The van der Waals surface area contributed by atoms with E-state index < -0.39 is 23.2 Å². The van der Waals surface area contributed by atoms with Crippen LogP contribution in [0.2, 0.25) is 5.02 Å². The minimum absolute atomic E-state index is 0.0822. The molecule has 0 aliphatic rings. The summed E-state index contributed by atoms with van der Waals surface area (Å²) in [4.78, 5) is 27.0. The number of rotatable bonds is 4. The average Bonchev–Trinajstić information content (AvgIpc) is 2.61. The lowest BCUT2D eigenvalue weighted by molar-refractivity contribution is 0.0600. The topological polar surface area (TPSA) is 71.2 Å². The maximum atomic E-state index is 13.9. The Morgan fingerprint density at radius 2 is 2.04 bits per heavy atom. The zero-order valence-electron chi connectivity index (χ0n) is 13.5. The van der Waals surface area contributed by atoms with Crippen molar-refractivity contribution >= 4 is 34.2 Å². The van der Waals surface area contributed by atoms with E-state index in [1.807, 2.05) is 0 Å². The van der Waals surface area contributed by atoms with E-state index in [9.17, 15) is 18.4 Å². The molecule has 0 saturated carbocycles. The molecule has 0 aliphatic carbocycles. The summed E-state index contributed by atoms with van der Waals surface area (Å²) in [6.07, 6.45) is 0. The Hall–Kier alpha value is -2.93. The average molecular weight is 379 g/mol. The smallest absolute Gasteiger partial charge is 0.345 e. The van der Waals surface area contributed by atoms with Crippen LogP contribution in [-0.2, 0) is 11.3 Å². The van der Waals surface area contributed by atoms with Crippen LogP contribution in [0.4, 0.5) is 14.5 Å². The molecule has 0 unspecified atom stereocenters. The van der Waals surface area contributed by atoms with E-state index in [1.54, 1.807) is 18.2 Å². The number of nitrogens with one attached hydrogen (secondary N) is 2. The number of benzene rings is 2. The molecule has 5 nitrogen and oxygen atoms in total. The summed E-state index contributed by atoms with van der Waals surface area (Å²) in [5.74, 6) is -2.30. The molecule has 26 heavy (non-hydrogen) atoms. The van der Waals surface area contributed by atoms with E-state index in [0.29, 0.717) is 10.9 Å². The van der Waals surface area contributed by atoms with Gasteiger partial charge in [-0.15, -0.1) is 0 Å². The Bertz CT molecular complexity index is 1070. The van der Waals surface area contributed by atoms with Crippen molar-refractivity contribution in [1.29, 1.82) is 0 Å². The second-order valence-electron chi connectivity index (χ2n) is 5.45. The number of hydrogen-bond donors (Lipinski definition) is 2. The molecule has 0 aliphatic heterocycles. The molecule has 0 bridgehead atoms. The fourth-order valence-corrected chi connectivity index (χ4v) is 2.83. The monoisotopic (exact) mass is 378 g/mol. The van der Waals surface area contributed by atoms with E-state index in [1.165, 1.54) is 6.07 Å². The van der Waals surface area contributed by atoms with Crippen molar-refractivity contribution in [3.05, 3.63) is 74.5 Å². The van der Waals surface area contributed by atoms with Crippen molar-refractivity contribution in [3.8, 4) is 0 Å². The molecule has 3 aromatic rings. The number of aromatic nitrogens is 1. The number of fused-ring (bicyclic) bond motifs is 1. The maximum absolute atomic E-state index is 13.9. The van der Waals surface area contributed by atoms with Crippen molar-refractivity contribution < 1.29 is 18.3 Å². The van der Waals surface area contributed by atoms with Gasteiger partial charge in [-0.25, -0.2) is 13.6 Å². The van der Waals surface area contributed by atoms with Gasteiger partial charge in [0.15, 0.2) is 0 Å². The van der Waals surface area contributed by atoms with Gasteiger partial charge in [-0.05, 0) is 12.1 Å². The third-order valence-electron chi connectivity index (χ3n) is 3.86. The first-order valence-electron chi connectivity index (χ1n) is 7.53. The van der Waals surface area contributed by atoms with Crippen LogP contribution in [0.1, 0.15) is 15.9 Å². The highest BCUT2D eigenvalue weighted by molar-refractivity contribution is 6.35. The van der Waals surface area contributed by atoms with Crippen LogP contribution in [0.5, 0.6) is 0 Å². The van der Waals surface area contributed by atoms with Crippen molar-refractivity contribution in [2.24, 2.45) is 0 Å². The van der Waals surface area contributed by atoms with E-state index in [0.717, 1.165) is 19.2 Å². The van der Waals surface area contributed by atoms with Crippen LogP contribution in [-0.4, -0.2) is 18.1 Å². The van der Waals surface area contributed by atoms with Gasteiger partial charge in [0.2, 0.25) is 0 Å². The highest BCUT2D eigenvalue weighted by atomic mass is 35.5. The molecule has 8 heteroatoms. The Morgan fingerprint density at radius 1 is 1.27 bits per heavy atom. The second kappa shape index (κ2) is 7.13. The highest BCUT2D eigenvalue weighted by Gasteiger charge is 2.21. The van der Waals surface area contributed by atoms with Crippen LogP contribution in [0.3, 0.4) is 0 Å². The van der Waals surface area contributed by atoms with Crippen LogP contribution in [0.25, 0.3) is 10.9 Å². The first kappa shape index (κ1) is 17.9. The molecular weight excluding hydrogens is 366 g/mol. The molecule has 0 spiro atoms. The number of anilines is 1. The van der Waals surface area contributed by atoms with Gasteiger partial charge >= 0.3 is 5.97 Å². The van der Waals surface area contributed by atoms with Gasteiger partial charge in [-0.2, -0.15) is 0 Å². The number of ether oxygens (including phenoxy) is 1. The third-order valence-corrected chi connectivity index (χ3v) is 4.17. The molecule has 134 valence electrons. The Balaban J connectivity index is 2.14. The first-order valence-corrected chi connectivity index (χ1v) is 7.90. The predicted molar refractivity (Wildman–Crippen MR) is 94.6 cm³/mol. The molecule has 1 aromatic heterocycles. The van der Waals surface area contributed by atoms with Crippen molar-refractivity contribution in [3.63, 3.8) is 0 Å². The summed E-state index contributed by atoms with van der Waals surface area (Å²) < 4.78 is 31.6. The summed E-state index contributed by atoms with van der Waals surface area (Å²) in [7, 11) is 1.15. The quantitative estimate of drug-likeness (QED) is 0.676. The van der Waals surface area contributed by atoms with Crippen molar-refractivity contribution in [2.45, 2.75) is 6.54 Å². The minimum Gasteiger partial charge on any atom is -0.465 e. The maximum Gasteiger partial charge on any atom is 0.345 e. The second-order valence-corrected chi connectivity index (χ2v) is 5.85. The van der Waals surface area contributed by atoms with E-state index in [4.69, 9.17) is 11.6 Å². The zero-order chi connectivity index (χ0) is 18.8. The molecule has 2 N–H and O–H groups in total. The fraction of sp³-hybridized carbons (Fsp3) is 0.111. The van der Waals surface area contributed by atoms with Gasteiger partial charge in [0.1, 0.15) is 17.2 Å². The Labute approximate surface area is 151 Å². The van der Waals surface area contributed by atoms with Gasteiger partial charge in [-0.3, -0.25) is 4.79 Å². The van der Waals surface area contributed by atoms with Crippen LogP contribution < -0.4 is 10.9 Å². The number of carbonyl (C=O) groups excluding carboxylic acids is 1. The standard InChI is InChI=1S/C18H13ClF2N2O3/c1-26-18(25)14-16(22-8-9-5-6-10(20)7-13(9)21)11-3-2-4-12(19)15(11)23-17(14)24/h2-7H,8H2,1H3,(H2,22,23,24). The molecule has 3 rings (SSSR count). The number of halogens is 3. The number of esters is 1. The largest absolute Gasteiger partial charge is 0.465 e. The highest BCUT2D eigenvalue weighted by Crippen LogP contribution is 2.29. The SMILES string of the molecule is COC(=O)c1c(NCc2ccc(F)cc2F)c2cccc(Cl)c2[nH]c1=O. The summed E-state index contributed by atoms with van der Waals surface area (Å²) in [6, 6.07) is 8.03. The molecule has 0 atom stereocenters. The molecule has 0 fully saturated rings. The van der Waals surface area contributed by atoms with Crippen LogP contribution in [0, 0.1) is 11.6 Å². The molecule has 1 heterocycles. The van der Waals surface area contributed by atoms with Crippen LogP contribution in [0.15, 0.2) is 41.2 Å². The van der Waals surface area contributed by atoms with E-state index >= 15 is 0 Å². The normalized spacial score (nSPS) is 10.8. The van der Waals surface area contributed by atoms with Gasteiger partial charge in [0.05, 0.1) is 23.3 Å². The molecule has 2 aromatic carbocycles.